The number of benzene rings is 2. The molecule has 1 aliphatic heterocycles. The second kappa shape index (κ2) is 9.72. The zero-order chi connectivity index (χ0) is 23.4. The highest BCUT2D eigenvalue weighted by atomic mass is 19.1. The van der Waals surface area contributed by atoms with Gasteiger partial charge in [-0.3, -0.25) is 9.48 Å². The molecule has 0 saturated carbocycles. The molecular formula is C24H26FN5O3. The first-order valence-electron chi connectivity index (χ1n) is 10.8. The number of rotatable bonds is 6. The van der Waals surface area contributed by atoms with Gasteiger partial charge in [0.05, 0.1) is 6.04 Å². The fraction of sp³-hybridized carbons (Fsp3) is 0.292. The number of likely N-dealkylation sites (tertiary alicyclic amines) is 1. The topological polar surface area (TPSA) is 102 Å². The minimum absolute atomic E-state index is 0.0231. The van der Waals surface area contributed by atoms with Gasteiger partial charge in [-0.05, 0) is 42.2 Å². The summed E-state index contributed by atoms with van der Waals surface area (Å²) >= 11 is 0. The van der Waals surface area contributed by atoms with Gasteiger partial charge in [-0.15, -0.1) is 0 Å². The highest BCUT2D eigenvalue weighted by Crippen LogP contribution is 2.30. The van der Waals surface area contributed by atoms with Crippen LogP contribution in [0.15, 0.2) is 60.8 Å². The molecule has 33 heavy (non-hydrogen) atoms. The first-order valence-corrected chi connectivity index (χ1v) is 10.8. The molecular weight excluding hydrogens is 425 g/mol. The Morgan fingerprint density at radius 1 is 1.18 bits per heavy atom. The molecule has 1 aromatic heterocycles. The van der Waals surface area contributed by atoms with Crippen molar-refractivity contribution >= 4 is 23.5 Å². The maximum Gasteiger partial charge on any atom is 0.410 e. The quantitative estimate of drug-likeness (QED) is 0.588. The summed E-state index contributed by atoms with van der Waals surface area (Å²) in [5.41, 5.74) is 7.32. The van der Waals surface area contributed by atoms with E-state index in [0.717, 1.165) is 5.56 Å². The Balaban J connectivity index is 1.41. The minimum atomic E-state index is -0.611. The van der Waals surface area contributed by atoms with Crippen LogP contribution in [0, 0.1) is 11.7 Å². The van der Waals surface area contributed by atoms with Crippen molar-refractivity contribution < 1.29 is 18.7 Å². The van der Waals surface area contributed by atoms with Crippen LogP contribution < -0.4 is 11.1 Å². The Kier molecular flexibility index (Phi) is 6.58. The summed E-state index contributed by atoms with van der Waals surface area (Å²) in [6.45, 7) is 3.27. The summed E-state index contributed by atoms with van der Waals surface area (Å²) in [6, 6.07) is 15.3. The van der Waals surface area contributed by atoms with E-state index < -0.39 is 5.91 Å². The molecule has 2 atom stereocenters. The lowest BCUT2D eigenvalue weighted by atomic mass is 9.94. The van der Waals surface area contributed by atoms with Gasteiger partial charge in [-0.1, -0.05) is 37.3 Å². The van der Waals surface area contributed by atoms with E-state index in [1.165, 1.54) is 12.1 Å². The minimum Gasteiger partial charge on any atom is -0.445 e. The third kappa shape index (κ3) is 5.31. The number of anilines is 2. The van der Waals surface area contributed by atoms with Crippen LogP contribution in [0.3, 0.4) is 0 Å². The van der Waals surface area contributed by atoms with Gasteiger partial charge in [0.1, 0.15) is 18.0 Å². The lowest BCUT2D eigenvalue weighted by molar-refractivity contribution is 0.0674. The molecule has 0 spiro atoms. The lowest BCUT2D eigenvalue weighted by Crippen LogP contribution is -2.43. The average molecular weight is 452 g/mol. The van der Waals surface area contributed by atoms with Crippen LogP contribution in [0.4, 0.5) is 20.7 Å². The lowest BCUT2D eigenvalue weighted by Gasteiger charge is -2.36. The molecule has 1 aliphatic rings. The number of amides is 2. The molecule has 2 aromatic carbocycles. The summed E-state index contributed by atoms with van der Waals surface area (Å²) in [4.78, 5) is 26.2. The highest BCUT2D eigenvalue weighted by molar-refractivity contribution is 5.98. The molecule has 0 bridgehead atoms. The van der Waals surface area contributed by atoms with E-state index in [1.807, 2.05) is 37.3 Å². The summed E-state index contributed by atoms with van der Waals surface area (Å²) in [5, 5.41) is 7.58. The Morgan fingerprint density at radius 3 is 2.58 bits per heavy atom. The van der Waals surface area contributed by atoms with Gasteiger partial charge in [0.25, 0.3) is 5.91 Å². The Labute approximate surface area is 191 Å². The molecule has 1 fully saturated rings. The van der Waals surface area contributed by atoms with Crippen molar-refractivity contribution in [3.63, 3.8) is 0 Å². The van der Waals surface area contributed by atoms with Crippen LogP contribution in [0.1, 0.15) is 35.3 Å². The van der Waals surface area contributed by atoms with Crippen molar-refractivity contribution in [3.8, 4) is 0 Å². The fourth-order valence-corrected chi connectivity index (χ4v) is 4.01. The Hall–Kier alpha value is -3.88. The normalized spacial score (nSPS) is 18.1. The molecule has 1 saturated heterocycles. The maximum atomic E-state index is 13.2. The molecule has 4 rings (SSSR count). The van der Waals surface area contributed by atoms with Crippen LogP contribution in [-0.2, 0) is 11.3 Å². The van der Waals surface area contributed by atoms with Gasteiger partial charge in [-0.25, -0.2) is 9.18 Å². The maximum absolute atomic E-state index is 13.2. The van der Waals surface area contributed by atoms with Gasteiger partial charge in [-0.2, -0.15) is 5.10 Å². The number of carbonyl (C=O) groups is 2. The van der Waals surface area contributed by atoms with Gasteiger partial charge in [0.2, 0.25) is 0 Å². The van der Waals surface area contributed by atoms with E-state index in [2.05, 4.69) is 10.4 Å². The van der Waals surface area contributed by atoms with Gasteiger partial charge in [0.15, 0.2) is 5.82 Å². The first kappa shape index (κ1) is 22.3. The highest BCUT2D eigenvalue weighted by Gasteiger charge is 2.32. The van der Waals surface area contributed by atoms with Gasteiger partial charge >= 0.3 is 6.09 Å². The molecule has 3 aromatic rings. The number of piperidine rings is 1. The Morgan fingerprint density at radius 2 is 1.91 bits per heavy atom. The number of hydrogen-bond donors (Lipinski definition) is 2. The molecule has 2 amide bonds. The second-order valence-corrected chi connectivity index (χ2v) is 8.19. The smallest absolute Gasteiger partial charge is 0.410 e. The monoisotopic (exact) mass is 451 g/mol. The van der Waals surface area contributed by atoms with E-state index in [9.17, 15) is 14.0 Å². The van der Waals surface area contributed by atoms with E-state index in [4.69, 9.17) is 10.5 Å². The third-order valence-electron chi connectivity index (χ3n) is 5.77. The zero-order valence-electron chi connectivity index (χ0n) is 18.3. The number of nitrogens with two attached hydrogens (primary N) is 1. The van der Waals surface area contributed by atoms with Gasteiger partial charge in [0, 0.05) is 25.0 Å². The van der Waals surface area contributed by atoms with Crippen molar-refractivity contribution in [3.05, 3.63) is 77.7 Å². The number of aromatic nitrogens is 2. The number of nitrogens with one attached hydrogen (secondary N) is 1. The summed E-state index contributed by atoms with van der Waals surface area (Å²) in [7, 11) is 0. The average Bonchev–Trinajstić information content (AvgIpc) is 3.23. The summed E-state index contributed by atoms with van der Waals surface area (Å²) in [6.07, 6.45) is 1.93. The van der Waals surface area contributed by atoms with Crippen molar-refractivity contribution in [2.24, 2.45) is 11.7 Å². The molecule has 0 aliphatic carbocycles. The predicted molar refractivity (Wildman–Crippen MR) is 121 cm³/mol. The number of hydrogen-bond acceptors (Lipinski definition) is 5. The van der Waals surface area contributed by atoms with E-state index in [1.54, 1.807) is 27.9 Å². The van der Waals surface area contributed by atoms with Crippen LogP contribution >= 0.6 is 0 Å². The number of carbonyl (C=O) groups excluding carboxylic acids is 2. The molecule has 8 nitrogen and oxygen atoms in total. The number of halogens is 1. The SMILES string of the molecule is C[C@@H]1CN(C(=O)OCc2ccccc2)CC[C@@H]1n1cc(C(N)=O)c(Nc2ccc(F)cc2)n1. The molecule has 3 N–H and O–H groups in total. The Bertz CT molecular complexity index is 1120. The summed E-state index contributed by atoms with van der Waals surface area (Å²) in [5.74, 6) is -0.585. The van der Waals surface area contributed by atoms with E-state index in [0.29, 0.717) is 31.0 Å². The van der Waals surface area contributed by atoms with E-state index >= 15 is 0 Å². The number of ether oxygens (including phenoxy) is 1. The van der Waals surface area contributed by atoms with E-state index in [-0.39, 0.29) is 36.0 Å². The van der Waals surface area contributed by atoms with Crippen molar-refractivity contribution in [2.75, 3.05) is 18.4 Å². The summed E-state index contributed by atoms with van der Waals surface area (Å²) < 4.78 is 20.4. The molecule has 0 radical (unpaired) electrons. The predicted octanol–water partition coefficient (Wildman–Crippen LogP) is 4.08. The molecule has 172 valence electrons. The molecule has 0 unspecified atom stereocenters. The van der Waals surface area contributed by atoms with Gasteiger partial charge < -0.3 is 20.7 Å². The van der Waals surface area contributed by atoms with Crippen molar-refractivity contribution in [1.29, 1.82) is 0 Å². The van der Waals surface area contributed by atoms with Crippen LogP contribution in [0.5, 0.6) is 0 Å². The van der Waals surface area contributed by atoms with Crippen LogP contribution in [-0.4, -0.2) is 39.8 Å². The van der Waals surface area contributed by atoms with Crippen molar-refractivity contribution in [1.82, 2.24) is 14.7 Å². The third-order valence-corrected chi connectivity index (χ3v) is 5.77. The molecule has 9 heteroatoms. The van der Waals surface area contributed by atoms with Crippen molar-refractivity contribution in [2.45, 2.75) is 26.0 Å². The number of nitrogens with zero attached hydrogens (tertiary/aromatic N) is 3. The van der Waals surface area contributed by atoms with Crippen LogP contribution in [0.25, 0.3) is 0 Å². The first-order chi connectivity index (χ1) is 15.9. The van der Waals surface area contributed by atoms with Crippen LogP contribution in [0.2, 0.25) is 0 Å². The molecule has 2 heterocycles. The fourth-order valence-electron chi connectivity index (χ4n) is 4.01. The standard InChI is InChI=1S/C24H26FN5O3/c1-16-13-29(24(32)33-15-17-5-3-2-4-6-17)12-11-21(16)30-14-20(22(26)31)23(28-30)27-19-9-7-18(25)8-10-19/h2-10,14,16,21H,11-13,15H2,1H3,(H2,26,31)(H,27,28)/t16-,21+/m1/s1. The second-order valence-electron chi connectivity index (χ2n) is 8.19. The zero-order valence-corrected chi connectivity index (χ0v) is 18.3. The largest absolute Gasteiger partial charge is 0.445 e. The number of primary amides is 1.